The third-order valence-corrected chi connectivity index (χ3v) is 16.8. The number of hydrogen-bond donors (Lipinski definition) is 0. The molecule has 3 nitrogen and oxygen atoms in total. The Labute approximate surface area is 230 Å². The number of imide groups is 1. The van der Waals surface area contributed by atoms with Crippen LogP contribution in [0.25, 0.3) is 0 Å². The Morgan fingerprint density at radius 1 is 0.583 bits per heavy atom. The third kappa shape index (κ3) is 4.63. The van der Waals surface area contributed by atoms with Crippen molar-refractivity contribution in [2.75, 3.05) is 12.7 Å². The molecular formula is C29H27Br2NO2P2. The molecule has 0 radical (unpaired) electrons. The molecule has 4 aromatic rings. The number of fused-ring (bicyclic) bond motifs is 1. The van der Waals surface area contributed by atoms with Gasteiger partial charge < -0.3 is 0 Å². The van der Waals surface area contributed by atoms with Crippen molar-refractivity contribution in [3.05, 3.63) is 126 Å². The van der Waals surface area contributed by atoms with Gasteiger partial charge in [-0.15, -0.1) is 0 Å². The number of amides is 2. The van der Waals surface area contributed by atoms with Gasteiger partial charge in [0.25, 0.3) is 0 Å². The van der Waals surface area contributed by atoms with Crippen molar-refractivity contribution < 1.29 is 9.59 Å². The Kier molecular flexibility index (Phi) is 8.58. The first-order valence-corrected chi connectivity index (χ1v) is 19.2. The number of rotatable bonds is 7. The molecule has 1 aliphatic rings. The number of carbonyl (C=O) groups excluding carboxylic acids is 2. The Morgan fingerprint density at radius 2 is 0.917 bits per heavy atom. The Bertz CT molecular complexity index is 1220. The van der Waals surface area contributed by atoms with E-state index in [1.165, 1.54) is 20.8 Å². The van der Waals surface area contributed by atoms with E-state index in [0.29, 0.717) is 24.1 Å². The van der Waals surface area contributed by atoms with Crippen LogP contribution in [0, 0.1) is 0 Å². The second kappa shape index (κ2) is 11.5. The normalized spacial score (nSPS) is 13.9. The summed E-state index contributed by atoms with van der Waals surface area (Å²) < 4.78 is 0. The number of halogens is 2. The van der Waals surface area contributed by atoms with E-state index >= 15 is 0 Å². The largest absolute Gasteiger partial charge is 0.0679 e. The van der Waals surface area contributed by atoms with E-state index in [2.05, 4.69) is 112 Å². The maximum absolute atomic E-state index is 13.0. The molecule has 0 aliphatic carbocycles. The Morgan fingerprint density at radius 3 is 1.28 bits per heavy atom. The first kappa shape index (κ1) is 26.9. The van der Waals surface area contributed by atoms with Gasteiger partial charge in [-0.3, -0.25) is 0 Å². The van der Waals surface area contributed by atoms with Crippen LogP contribution in [0.4, 0.5) is 0 Å². The predicted octanol–water partition coefficient (Wildman–Crippen LogP) is 6.68. The van der Waals surface area contributed by atoms with Crippen molar-refractivity contribution in [2.45, 2.75) is 6.42 Å². The van der Waals surface area contributed by atoms with Crippen molar-refractivity contribution in [3.8, 4) is 0 Å². The quantitative estimate of drug-likeness (QED) is 0.167. The first-order chi connectivity index (χ1) is 17.5. The summed E-state index contributed by atoms with van der Waals surface area (Å²) in [5, 5.41) is 0.616. The molecule has 36 heavy (non-hydrogen) atoms. The molecule has 1 atom stereocenters. The second-order valence-corrected chi connectivity index (χ2v) is 17.6. The summed E-state index contributed by atoms with van der Waals surface area (Å²) in [5.74, 6) is -0.399. The summed E-state index contributed by atoms with van der Waals surface area (Å²) >= 11 is 7.28. The molecule has 0 aromatic heterocycles. The van der Waals surface area contributed by atoms with Gasteiger partial charge in [0, 0.05) is 0 Å². The zero-order valence-corrected chi connectivity index (χ0v) is 24.9. The number of nitrogens with zero attached hydrogens (tertiary/aromatic N) is 1. The van der Waals surface area contributed by atoms with Gasteiger partial charge in [-0.2, -0.15) is 0 Å². The fraction of sp³-hybridized carbons (Fsp3) is 0.103. The predicted molar refractivity (Wildman–Crippen MR) is 164 cm³/mol. The average molecular weight is 643 g/mol. The number of hydrogen-bond acceptors (Lipinski definition) is 2. The molecule has 0 fully saturated rings. The van der Waals surface area contributed by atoms with E-state index in [1.54, 1.807) is 24.3 Å². The van der Waals surface area contributed by atoms with Crippen molar-refractivity contribution in [2.24, 2.45) is 0 Å². The van der Waals surface area contributed by atoms with Gasteiger partial charge in [0.1, 0.15) is 0 Å². The van der Waals surface area contributed by atoms with Crippen LogP contribution in [0.15, 0.2) is 115 Å². The zero-order chi connectivity index (χ0) is 25.6. The summed E-state index contributed by atoms with van der Waals surface area (Å²) in [7, 11) is 2.23. The van der Waals surface area contributed by atoms with E-state index in [9.17, 15) is 9.59 Å². The zero-order valence-electron chi connectivity index (χ0n) is 19.6. The first-order valence-electron chi connectivity index (χ1n) is 11.6. The standard InChI is InChI=1S/C29H25BrNO2P.BrH2P/c30-34(23-13-4-1-5-14-23,24-15-6-2-7-16-24,25-17-8-3-9-18-25)22-12-21-31-28(32)26-19-10-11-20-27(26)29(31)33;1-2/h1-11,13-20H,12,21-22H2;2H2. The van der Waals surface area contributed by atoms with Crippen LogP contribution in [0.3, 0.4) is 0 Å². The smallest absolute Gasteiger partial charge is 0.0652 e. The van der Waals surface area contributed by atoms with Gasteiger partial charge in [0.2, 0.25) is 0 Å². The summed E-state index contributed by atoms with van der Waals surface area (Å²) in [6, 6.07) is 38.8. The molecule has 184 valence electrons. The van der Waals surface area contributed by atoms with Crippen molar-refractivity contribution in [1.29, 1.82) is 0 Å². The van der Waals surface area contributed by atoms with Crippen molar-refractivity contribution in [3.63, 3.8) is 0 Å². The van der Waals surface area contributed by atoms with Crippen LogP contribution in [0.2, 0.25) is 0 Å². The van der Waals surface area contributed by atoms with Crippen LogP contribution in [-0.2, 0) is 0 Å². The molecule has 7 heteroatoms. The van der Waals surface area contributed by atoms with Crippen LogP contribution >= 0.6 is 44.2 Å². The molecule has 0 bridgehead atoms. The summed E-state index contributed by atoms with van der Waals surface area (Å²) in [4.78, 5) is 27.3. The minimum absolute atomic E-state index is 0.199. The van der Waals surface area contributed by atoms with Gasteiger partial charge in [-0.25, -0.2) is 0 Å². The van der Waals surface area contributed by atoms with Crippen LogP contribution in [0.5, 0.6) is 0 Å². The summed E-state index contributed by atoms with van der Waals surface area (Å²) in [6.07, 6.45) is 1.45. The SMILES string of the molecule is O=C1c2ccccc2C(=O)N1CCCP(Br)(c1ccccc1)(c1ccccc1)c1ccccc1.PBr. The van der Waals surface area contributed by atoms with E-state index in [4.69, 9.17) is 0 Å². The van der Waals surface area contributed by atoms with Gasteiger partial charge in [0.15, 0.2) is 0 Å². The minimum Gasteiger partial charge on any atom is -0.0679 e. The summed E-state index contributed by atoms with van der Waals surface area (Å²) in [5.41, 5.74) is 0.996. The van der Waals surface area contributed by atoms with Crippen molar-refractivity contribution >= 4 is 72.0 Å². The van der Waals surface area contributed by atoms with Gasteiger partial charge in [0.05, 0.1) is 0 Å². The Balaban J connectivity index is 0.00000148. The van der Waals surface area contributed by atoms with Crippen molar-refractivity contribution in [1.82, 2.24) is 4.90 Å². The van der Waals surface area contributed by atoms with Gasteiger partial charge in [-0.05, 0) is 0 Å². The van der Waals surface area contributed by atoms with E-state index in [0.717, 1.165) is 6.16 Å². The molecule has 0 saturated heterocycles. The molecule has 5 rings (SSSR count). The number of benzene rings is 4. The minimum atomic E-state index is -3.07. The molecule has 1 aliphatic heterocycles. The van der Waals surface area contributed by atoms with Gasteiger partial charge >= 0.3 is 209 Å². The van der Waals surface area contributed by atoms with E-state index in [1.807, 2.05) is 18.2 Å². The molecule has 0 spiro atoms. The monoisotopic (exact) mass is 641 g/mol. The fourth-order valence-electron chi connectivity index (χ4n) is 5.02. The van der Waals surface area contributed by atoms with E-state index < -0.39 is 5.31 Å². The molecular weight excluding hydrogens is 616 g/mol. The molecule has 1 unspecified atom stereocenters. The Hall–Kier alpha value is -2.16. The molecule has 1 heterocycles. The maximum Gasteiger partial charge on any atom is -0.0652 e. The molecule has 2 amide bonds. The fourth-order valence-corrected chi connectivity index (χ4v) is 12.7. The second-order valence-electron chi connectivity index (χ2n) is 8.57. The van der Waals surface area contributed by atoms with E-state index in [-0.39, 0.29) is 11.8 Å². The molecule has 0 N–H and O–H groups in total. The van der Waals surface area contributed by atoms with Crippen LogP contribution in [0.1, 0.15) is 27.1 Å². The average Bonchev–Trinajstić information content (AvgIpc) is 3.20. The third-order valence-electron chi connectivity index (χ3n) is 6.72. The molecule has 4 aromatic carbocycles. The van der Waals surface area contributed by atoms with Gasteiger partial charge in [-0.1, -0.05) is 23.4 Å². The number of carbonyl (C=O) groups is 2. The van der Waals surface area contributed by atoms with Crippen LogP contribution in [-0.4, -0.2) is 29.4 Å². The topological polar surface area (TPSA) is 37.4 Å². The van der Waals surface area contributed by atoms with Crippen LogP contribution < -0.4 is 15.9 Å². The summed E-state index contributed by atoms with van der Waals surface area (Å²) in [6.45, 7) is 0.377. The molecule has 0 saturated carbocycles. The maximum atomic E-state index is 13.0.